The maximum absolute atomic E-state index is 10.1. The molecule has 0 aromatic rings. The van der Waals surface area contributed by atoms with Gasteiger partial charge in [-0.1, -0.05) is 39.8 Å². The van der Waals surface area contributed by atoms with E-state index in [0.29, 0.717) is 11.8 Å². The summed E-state index contributed by atoms with van der Waals surface area (Å²) >= 11 is 0. The molecule has 0 aromatic heterocycles. The van der Waals surface area contributed by atoms with Crippen LogP contribution in [0.25, 0.3) is 0 Å². The molecule has 0 bridgehead atoms. The second-order valence-electron chi connectivity index (χ2n) is 5.72. The average Bonchev–Trinajstić information content (AvgIpc) is 2.53. The minimum Gasteiger partial charge on any atom is -0.384 e. The van der Waals surface area contributed by atoms with Crippen molar-refractivity contribution in [3.63, 3.8) is 0 Å². The number of hydrogen-bond donors (Lipinski definition) is 1. The lowest BCUT2D eigenvalue weighted by Gasteiger charge is -2.08. The van der Waals surface area contributed by atoms with Gasteiger partial charge in [0.25, 0.3) is 0 Å². The lowest BCUT2D eigenvalue weighted by molar-refractivity contribution is 0.254. The van der Waals surface area contributed by atoms with Crippen LogP contribution in [0.3, 0.4) is 0 Å². The zero-order chi connectivity index (χ0) is 12.1. The smallest absolute Gasteiger partial charge is 0.0961 e. The van der Waals surface area contributed by atoms with Crippen LogP contribution in [0.2, 0.25) is 0 Å². The lowest BCUT2D eigenvalue weighted by atomic mass is 10.0. The number of hydrogen-bond acceptors (Lipinski definition) is 1. The quantitative estimate of drug-likeness (QED) is 0.710. The molecule has 1 aliphatic rings. The van der Waals surface area contributed by atoms with Gasteiger partial charge in [-0.15, -0.1) is 0 Å². The van der Waals surface area contributed by atoms with E-state index in [1.165, 1.54) is 11.1 Å². The summed E-state index contributed by atoms with van der Waals surface area (Å²) in [5.41, 5.74) is 2.48. The number of aliphatic hydroxyl groups excluding tert-OH is 1. The van der Waals surface area contributed by atoms with E-state index in [1.807, 2.05) is 0 Å². The molecular weight excluding hydrogens is 196 g/mol. The average molecular weight is 222 g/mol. The largest absolute Gasteiger partial charge is 0.384 e. The predicted octanol–water partition coefficient (Wildman–Crippen LogP) is 4.09. The maximum Gasteiger partial charge on any atom is 0.0961 e. The summed E-state index contributed by atoms with van der Waals surface area (Å²) in [6.45, 7) is 8.86. The van der Waals surface area contributed by atoms with Crippen molar-refractivity contribution in [3.05, 3.63) is 23.3 Å². The Labute approximate surface area is 100 Å². The van der Waals surface area contributed by atoms with Gasteiger partial charge in [-0.3, -0.25) is 0 Å². The summed E-state index contributed by atoms with van der Waals surface area (Å²) in [5.74, 6) is 1.37. The molecule has 0 heterocycles. The summed E-state index contributed by atoms with van der Waals surface area (Å²) in [4.78, 5) is 0. The summed E-state index contributed by atoms with van der Waals surface area (Å²) in [6, 6.07) is 0. The van der Waals surface area contributed by atoms with E-state index in [4.69, 9.17) is 0 Å². The van der Waals surface area contributed by atoms with E-state index < -0.39 is 0 Å². The van der Waals surface area contributed by atoms with Crippen LogP contribution in [0.1, 0.15) is 53.4 Å². The molecule has 0 aliphatic heterocycles. The monoisotopic (exact) mass is 222 g/mol. The molecule has 0 atom stereocenters. The Hall–Kier alpha value is -0.560. The number of rotatable bonds is 4. The zero-order valence-electron chi connectivity index (χ0n) is 11.2. The van der Waals surface area contributed by atoms with Gasteiger partial charge in [-0.05, 0) is 48.7 Å². The van der Waals surface area contributed by atoms with Crippen molar-refractivity contribution in [3.8, 4) is 0 Å². The molecule has 1 heteroatoms. The molecule has 0 amide bonds. The summed E-state index contributed by atoms with van der Waals surface area (Å²) in [6.07, 6.45) is 8.48. The van der Waals surface area contributed by atoms with Crippen molar-refractivity contribution in [2.24, 2.45) is 11.8 Å². The number of allylic oxidation sites excluding steroid dienone is 2. The van der Waals surface area contributed by atoms with Crippen LogP contribution in [-0.2, 0) is 0 Å². The number of aliphatic hydroxyl groups is 1. The molecule has 1 saturated carbocycles. The minimum absolute atomic E-state index is 0.280. The molecule has 1 N–H and O–H groups in total. The van der Waals surface area contributed by atoms with E-state index in [2.05, 4.69) is 39.8 Å². The first-order valence-corrected chi connectivity index (χ1v) is 6.56. The SMILES string of the molecule is CC(C)CC=C1CCC(=CCC(C)C)C1O. The van der Waals surface area contributed by atoms with Gasteiger partial charge in [0.1, 0.15) is 0 Å². The first kappa shape index (κ1) is 13.5. The van der Waals surface area contributed by atoms with Crippen LogP contribution >= 0.6 is 0 Å². The van der Waals surface area contributed by atoms with Crippen LogP contribution in [0, 0.1) is 11.8 Å². The highest BCUT2D eigenvalue weighted by molar-refractivity contribution is 5.30. The zero-order valence-corrected chi connectivity index (χ0v) is 11.2. The normalized spacial score (nSPS) is 26.6. The van der Waals surface area contributed by atoms with Crippen LogP contribution in [0.4, 0.5) is 0 Å². The van der Waals surface area contributed by atoms with E-state index in [-0.39, 0.29) is 6.10 Å². The Morgan fingerprint density at radius 3 is 1.69 bits per heavy atom. The molecular formula is C15H26O. The van der Waals surface area contributed by atoms with Gasteiger partial charge >= 0.3 is 0 Å². The van der Waals surface area contributed by atoms with Crippen molar-refractivity contribution < 1.29 is 5.11 Å². The Kier molecular flexibility index (Phi) is 5.27. The second kappa shape index (κ2) is 6.24. The molecule has 1 rings (SSSR count). The van der Waals surface area contributed by atoms with E-state index >= 15 is 0 Å². The van der Waals surface area contributed by atoms with Gasteiger partial charge in [0.2, 0.25) is 0 Å². The molecule has 1 nitrogen and oxygen atoms in total. The van der Waals surface area contributed by atoms with Gasteiger partial charge in [-0.25, -0.2) is 0 Å². The third kappa shape index (κ3) is 4.13. The Morgan fingerprint density at radius 2 is 1.38 bits per heavy atom. The fourth-order valence-corrected chi connectivity index (χ4v) is 2.00. The molecule has 0 aromatic carbocycles. The molecule has 1 aliphatic carbocycles. The van der Waals surface area contributed by atoms with Gasteiger partial charge in [0, 0.05) is 0 Å². The van der Waals surface area contributed by atoms with E-state index in [0.717, 1.165) is 25.7 Å². The lowest BCUT2D eigenvalue weighted by Crippen LogP contribution is -2.06. The van der Waals surface area contributed by atoms with Gasteiger partial charge in [-0.2, -0.15) is 0 Å². The molecule has 1 fully saturated rings. The molecule has 0 radical (unpaired) electrons. The summed E-state index contributed by atoms with van der Waals surface area (Å²) in [5, 5.41) is 10.1. The third-order valence-corrected chi connectivity index (χ3v) is 3.11. The second-order valence-corrected chi connectivity index (χ2v) is 5.72. The first-order valence-electron chi connectivity index (χ1n) is 6.56. The van der Waals surface area contributed by atoms with Crippen LogP contribution < -0.4 is 0 Å². The first-order chi connectivity index (χ1) is 7.50. The fraction of sp³-hybridized carbons (Fsp3) is 0.733. The van der Waals surface area contributed by atoms with Crippen molar-refractivity contribution in [2.75, 3.05) is 0 Å². The predicted molar refractivity (Wildman–Crippen MR) is 70.3 cm³/mol. The third-order valence-electron chi connectivity index (χ3n) is 3.11. The van der Waals surface area contributed by atoms with Crippen molar-refractivity contribution >= 4 is 0 Å². The Balaban J connectivity index is 2.56. The maximum atomic E-state index is 10.1. The molecule has 0 spiro atoms. The van der Waals surface area contributed by atoms with Crippen LogP contribution in [0.5, 0.6) is 0 Å². The highest BCUT2D eigenvalue weighted by Gasteiger charge is 2.22. The molecule has 0 saturated heterocycles. The minimum atomic E-state index is -0.280. The van der Waals surface area contributed by atoms with Crippen LogP contribution in [0.15, 0.2) is 23.3 Å². The topological polar surface area (TPSA) is 20.2 Å². The standard InChI is InChI=1S/C15H26O/c1-11(2)5-7-13-9-10-14(15(13)16)8-6-12(3)4/h7-8,11-12,15-16H,5-6,9-10H2,1-4H3. The van der Waals surface area contributed by atoms with Gasteiger partial charge < -0.3 is 5.11 Å². The molecule has 92 valence electrons. The summed E-state index contributed by atoms with van der Waals surface area (Å²) < 4.78 is 0. The molecule has 16 heavy (non-hydrogen) atoms. The fourth-order valence-electron chi connectivity index (χ4n) is 2.00. The van der Waals surface area contributed by atoms with Crippen molar-refractivity contribution in [1.82, 2.24) is 0 Å². The van der Waals surface area contributed by atoms with Crippen molar-refractivity contribution in [1.29, 1.82) is 0 Å². The van der Waals surface area contributed by atoms with E-state index in [1.54, 1.807) is 0 Å². The van der Waals surface area contributed by atoms with Crippen LogP contribution in [-0.4, -0.2) is 11.2 Å². The highest BCUT2D eigenvalue weighted by Crippen LogP contribution is 2.31. The summed E-state index contributed by atoms with van der Waals surface area (Å²) in [7, 11) is 0. The Bertz CT molecular complexity index is 243. The molecule has 0 unspecified atom stereocenters. The van der Waals surface area contributed by atoms with E-state index in [9.17, 15) is 5.11 Å². The highest BCUT2D eigenvalue weighted by atomic mass is 16.3. The van der Waals surface area contributed by atoms with Gasteiger partial charge in [0.05, 0.1) is 6.10 Å². The van der Waals surface area contributed by atoms with Gasteiger partial charge in [0.15, 0.2) is 0 Å². The Morgan fingerprint density at radius 1 is 1.00 bits per heavy atom. The van der Waals surface area contributed by atoms with Crippen molar-refractivity contribution in [2.45, 2.75) is 59.5 Å².